The number of hydrogen-bond acceptors (Lipinski definition) is 7. The maximum atomic E-state index is 14.5. The number of carbonyl (C=O) groups is 4. The van der Waals surface area contributed by atoms with Crippen LogP contribution in [0.1, 0.15) is 33.2 Å². The highest BCUT2D eigenvalue weighted by Crippen LogP contribution is 2.38. The van der Waals surface area contributed by atoms with E-state index in [1.165, 1.54) is 36.3 Å². The summed E-state index contributed by atoms with van der Waals surface area (Å²) in [6.45, 7) is 1.68. The Morgan fingerprint density at radius 1 is 0.957 bits per heavy atom. The molecule has 1 aliphatic heterocycles. The Morgan fingerprint density at radius 2 is 1.63 bits per heavy atom. The van der Waals surface area contributed by atoms with Crippen molar-refractivity contribution in [1.29, 1.82) is 0 Å². The van der Waals surface area contributed by atoms with Gasteiger partial charge in [0.1, 0.15) is 11.8 Å². The van der Waals surface area contributed by atoms with E-state index in [2.05, 4.69) is 26.6 Å². The van der Waals surface area contributed by atoms with E-state index in [0.29, 0.717) is 28.3 Å². The number of carbonyl (C=O) groups excluding carboxylic acids is 4. The number of hydrogen-bond donors (Lipinski definition) is 2. The standard InChI is InChI=1S/C34H33BrN4O6.ClH/c1-20(36-2)31(40)37-27-19-39(32(41)21-9-11-22(12-10-21)34(43)45-4)29-8-6-5-7-28(29)38(33(27)42)18-26-25-15-14-24(35)17-23(25)13-16-30(26)44-3;/h5-17,20,27,36H,18-19H2,1-4H3,(H,37,40);1H/t20-,27-;/m0./s1. The van der Waals surface area contributed by atoms with Crippen molar-refractivity contribution in [2.24, 2.45) is 0 Å². The Balaban J connectivity index is 0.00000480. The first-order chi connectivity index (χ1) is 21.7. The fourth-order valence-corrected chi connectivity index (χ4v) is 5.74. The fourth-order valence-electron chi connectivity index (χ4n) is 5.36. The number of anilines is 2. The van der Waals surface area contributed by atoms with Crippen LogP contribution < -0.4 is 25.2 Å². The Kier molecular flexibility index (Phi) is 11.0. The Morgan fingerprint density at radius 3 is 2.28 bits per heavy atom. The largest absolute Gasteiger partial charge is 0.496 e. The molecule has 4 aromatic carbocycles. The third kappa shape index (κ3) is 6.86. The number of ether oxygens (including phenoxy) is 2. The molecule has 3 amide bonds. The second-order valence-electron chi connectivity index (χ2n) is 10.6. The second-order valence-corrected chi connectivity index (χ2v) is 11.5. The summed E-state index contributed by atoms with van der Waals surface area (Å²) in [5.41, 5.74) is 2.37. The van der Waals surface area contributed by atoms with E-state index in [9.17, 15) is 19.2 Å². The molecule has 0 fully saturated rings. The molecular formula is C34H34BrClN4O6. The number of fused-ring (bicyclic) bond motifs is 2. The first-order valence-electron chi connectivity index (χ1n) is 14.3. The van der Waals surface area contributed by atoms with E-state index in [4.69, 9.17) is 9.47 Å². The highest BCUT2D eigenvalue weighted by atomic mass is 79.9. The van der Waals surface area contributed by atoms with Crippen LogP contribution in [0.5, 0.6) is 5.75 Å². The lowest BCUT2D eigenvalue weighted by atomic mass is 10.0. The van der Waals surface area contributed by atoms with Crippen LogP contribution in [0.3, 0.4) is 0 Å². The van der Waals surface area contributed by atoms with Crippen molar-refractivity contribution in [3.8, 4) is 5.75 Å². The molecule has 1 heterocycles. The van der Waals surface area contributed by atoms with E-state index in [1.807, 2.05) is 30.3 Å². The Hall–Kier alpha value is -4.45. The summed E-state index contributed by atoms with van der Waals surface area (Å²) >= 11 is 3.53. The minimum atomic E-state index is -1.07. The van der Waals surface area contributed by atoms with Crippen LogP contribution in [0.4, 0.5) is 11.4 Å². The first-order valence-corrected chi connectivity index (χ1v) is 15.1. The SMILES string of the molecule is CN[C@@H](C)C(=O)N[C@H]1CN(C(=O)c2ccc(C(=O)OC)cc2)c2ccccc2N(Cc2c(OC)ccc3cc(Br)ccc23)C1=O.Cl. The van der Waals surface area contributed by atoms with Gasteiger partial charge >= 0.3 is 5.97 Å². The van der Waals surface area contributed by atoms with Crippen LogP contribution in [0.25, 0.3) is 10.8 Å². The van der Waals surface area contributed by atoms with Crippen molar-refractivity contribution in [1.82, 2.24) is 10.6 Å². The molecule has 0 unspecified atom stereocenters. The topological polar surface area (TPSA) is 117 Å². The van der Waals surface area contributed by atoms with Crippen molar-refractivity contribution in [2.75, 3.05) is 37.6 Å². The predicted octanol–water partition coefficient (Wildman–Crippen LogP) is 5.11. The van der Waals surface area contributed by atoms with E-state index in [-0.39, 0.29) is 37.3 Å². The summed E-state index contributed by atoms with van der Waals surface area (Å²) in [6.07, 6.45) is 0. The summed E-state index contributed by atoms with van der Waals surface area (Å²) in [5.74, 6) is -1.09. The van der Waals surface area contributed by atoms with Crippen molar-refractivity contribution in [3.05, 3.63) is 100 Å². The zero-order chi connectivity index (χ0) is 32.2. The smallest absolute Gasteiger partial charge is 0.337 e. The van der Waals surface area contributed by atoms with Gasteiger partial charge in [0.15, 0.2) is 0 Å². The molecule has 0 aliphatic carbocycles. The summed E-state index contributed by atoms with van der Waals surface area (Å²) in [5, 5.41) is 7.61. The van der Waals surface area contributed by atoms with Gasteiger partial charge in [-0.1, -0.05) is 40.2 Å². The van der Waals surface area contributed by atoms with Gasteiger partial charge in [-0.2, -0.15) is 0 Å². The summed E-state index contributed by atoms with van der Waals surface area (Å²) in [4.78, 5) is 56.7. The van der Waals surface area contributed by atoms with Gasteiger partial charge in [-0.25, -0.2) is 4.79 Å². The fraction of sp³-hybridized carbons (Fsp3) is 0.235. The molecular weight excluding hydrogens is 676 g/mol. The quantitative estimate of drug-likeness (QED) is 0.245. The molecule has 10 nitrogen and oxygen atoms in total. The molecule has 2 atom stereocenters. The second kappa shape index (κ2) is 14.8. The van der Waals surface area contributed by atoms with Crippen LogP contribution in [0.15, 0.2) is 83.3 Å². The number of para-hydroxylation sites is 2. The molecule has 0 saturated carbocycles. The lowest BCUT2D eigenvalue weighted by molar-refractivity contribution is -0.128. The zero-order valence-corrected chi connectivity index (χ0v) is 28.1. The average Bonchev–Trinajstić information content (AvgIpc) is 3.17. The number of nitrogens with zero attached hydrogens (tertiary/aromatic N) is 2. The number of nitrogens with one attached hydrogen (secondary N) is 2. The van der Waals surface area contributed by atoms with Crippen LogP contribution in [0, 0.1) is 0 Å². The minimum Gasteiger partial charge on any atom is -0.496 e. The van der Waals surface area contributed by atoms with E-state index < -0.39 is 24.0 Å². The third-order valence-electron chi connectivity index (χ3n) is 7.92. The number of esters is 1. The molecule has 0 saturated heterocycles. The number of rotatable bonds is 8. The number of halogens is 2. The molecule has 4 aromatic rings. The summed E-state index contributed by atoms with van der Waals surface area (Å²) in [6, 6.07) is 21.3. The van der Waals surface area contributed by atoms with Gasteiger partial charge in [0.2, 0.25) is 5.91 Å². The van der Waals surface area contributed by atoms with Crippen molar-refractivity contribution in [2.45, 2.75) is 25.6 Å². The number of methoxy groups -OCH3 is 2. The predicted molar refractivity (Wildman–Crippen MR) is 183 cm³/mol. The molecule has 0 spiro atoms. The maximum absolute atomic E-state index is 14.5. The van der Waals surface area contributed by atoms with Gasteiger partial charge in [0.05, 0.1) is 50.3 Å². The molecule has 12 heteroatoms. The summed E-state index contributed by atoms with van der Waals surface area (Å²) < 4.78 is 11.4. The van der Waals surface area contributed by atoms with E-state index in [0.717, 1.165) is 20.8 Å². The number of benzene rings is 4. The number of amides is 3. The lowest BCUT2D eigenvalue weighted by Crippen LogP contribution is -2.55. The molecule has 5 rings (SSSR count). The van der Waals surface area contributed by atoms with Gasteiger partial charge in [0, 0.05) is 15.6 Å². The Labute approximate surface area is 281 Å². The van der Waals surface area contributed by atoms with E-state index in [1.54, 1.807) is 50.2 Å². The molecule has 1 aliphatic rings. The number of likely N-dealkylation sites (N-methyl/N-ethyl adjacent to an activating group) is 1. The van der Waals surface area contributed by atoms with E-state index >= 15 is 0 Å². The Bertz CT molecular complexity index is 1780. The molecule has 240 valence electrons. The average molecular weight is 710 g/mol. The van der Waals surface area contributed by atoms with Crippen molar-refractivity contribution >= 4 is 74.2 Å². The minimum absolute atomic E-state index is 0. The molecule has 46 heavy (non-hydrogen) atoms. The molecule has 0 radical (unpaired) electrons. The van der Waals surface area contributed by atoms with Gasteiger partial charge in [-0.3, -0.25) is 14.4 Å². The third-order valence-corrected chi connectivity index (χ3v) is 8.41. The van der Waals surface area contributed by atoms with Crippen LogP contribution in [0.2, 0.25) is 0 Å². The highest BCUT2D eigenvalue weighted by molar-refractivity contribution is 9.10. The molecule has 0 aromatic heterocycles. The molecule has 2 N–H and O–H groups in total. The summed E-state index contributed by atoms with van der Waals surface area (Å²) in [7, 11) is 4.52. The molecule has 0 bridgehead atoms. The van der Waals surface area contributed by atoms with Crippen LogP contribution in [-0.2, 0) is 20.9 Å². The van der Waals surface area contributed by atoms with Crippen molar-refractivity contribution < 1.29 is 28.7 Å². The lowest BCUT2D eigenvalue weighted by Gasteiger charge is -2.27. The van der Waals surface area contributed by atoms with Gasteiger partial charge in [-0.15, -0.1) is 12.4 Å². The normalized spacial score (nSPS) is 14.9. The van der Waals surface area contributed by atoms with Crippen LogP contribution in [-0.4, -0.2) is 63.6 Å². The highest BCUT2D eigenvalue weighted by Gasteiger charge is 2.38. The first kappa shape index (κ1) is 34.4. The monoisotopic (exact) mass is 708 g/mol. The van der Waals surface area contributed by atoms with Crippen LogP contribution >= 0.6 is 28.3 Å². The van der Waals surface area contributed by atoms with Gasteiger partial charge in [-0.05, 0) is 79.3 Å². The maximum Gasteiger partial charge on any atom is 0.337 e. The van der Waals surface area contributed by atoms with Crippen molar-refractivity contribution in [3.63, 3.8) is 0 Å². The zero-order valence-electron chi connectivity index (χ0n) is 25.7. The van der Waals surface area contributed by atoms with Gasteiger partial charge < -0.3 is 29.9 Å². The van der Waals surface area contributed by atoms with Gasteiger partial charge in [0.25, 0.3) is 11.8 Å².